The number of rotatable bonds is 4. The van der Waals surface area contributed by atoms with Gasteiger partial charge in [0, 0.05) is 6.07 Å². The van der Waals surface area contributed by atoms with E-state index >= 15 is 0 Å². The Morgan fingerprint density at radius 1 is 1.19 bits per heavy atom. The second kappa shape index (κ2) is 5.83. The Bertz CT molecular complexity index is 740. The third-order valence-corrected chi connectivity index (χ3v) is 4.32. The van der Waals surface area contributed by atoms with Gasteiger partial charge in [0.2, 0.25) is 10.0 Å². The second-order valence-corrected chi connectivity index (χ2v) is 6.80. The fourth-order valence-electron chi connectivity index (χ4n) is 2.18. The Morgan fingerprint density at radius 3 is 2.43 bits per heavy atom. The molecule has 5 nitrogen and oxygen atoms in total. The molecule has 1 aromatic heterocycles. The fraction of sp³-hybridized carbons (Fsp3) is 0.267. The van der Waals surface area contributed by atoms with Gasteiger partial charge in [-0.1, -0.05) is 23.8 Å². The number of aryl methyl sites for hydroxylation is 2. The molecule has 0 saturated carbocycles. The largest absolute Gasteiger partial charge is 0.274 e. The summed E-state index contributed by atoms with van der Waals surface area (Å²) in [6.07, 6.45) is 1.41. The number of primary sulfonamides is 1. The SMILES string of the molecule is Cc1ccc(CN(C)c2ccc(S(N)(=O)=O)c[nH+]2)c(C)c1. The van der Waals surface area contributed by atoms with Crippen LogP contribution in [0.4, 0.5) is 5.82 Å². The van der Waals surface area contributed by atoms with Gasteiger partial charge in [0.25, 0.3) is 5.82 Å². The van der Waals surface area contributed by atoms with Gasteiger partial charge in [0.15, 0.2) is 0 Å². The molecule has 0 bridgehead atoms. The van der Waals surface area contributed by atoms with Crippen molar-refractivity contribution < 1.29 is 13.4 Å². The normalized spacial score (nSPS) is 11.4. The van der Waals surface area contributed by atoms with Crippen molar-refractivity contribution >= 4 is 15.8 Å². The molecule has 0 fully saturated rings. The van der Waals surface area contributed by atoms with E-state index in [2.05, 4.69) is 37.0 Å². The van der Waals surface area contributed by atoms with Crippen molar-refractivity contribution in [3.63, 3.8) is 0 Å². The van der Waals surface area contributed by atoms with Crippen molar-refractivity contribution in [3.05, 3.63) is 53.2 Å². The lowest BCUT2D eigenvalue weighted by Crippen LogP contribution is -2.25. The summed E-state index contributed by atoms with van der Waals surface area (Å²) in [5.74, 6) is 0.822. The quantitative estimate of drug-likeness (QED) is 0.927. The smallest absolute Gasteiger partial charge is 0.260 e. The molecular formula is C15H20N3O2S+. The van der Waals surface area contributed by atoms with Crippen LogP contribution in [0.3, 0.4) is 0 Å². The zero-order valence-electron chi connectivity index (χ0n) is 12.4. The van der Waals surface area contributed by atoms with Gasteiger partial charge in [-0.2, -0.15) is 0 Å². The van der Waals surface area contributed by atoms with Gasteiger partial charge in [-0.05, 0) is 31.0 Å². The molecule has 0 amide bonds. The molecule has 0 spiro atoms. The van der Waals surface area contributed by atoms with Crippen LogP contribution in [-0.4, -0.2) is 15.5 Å². The number of nitrogens with one attached hydrogen (secondary N) is 1. The maximum absolute atomic E-state index is 11.2. The molecule has 0 aliphatic heterocycles. The van der Waals surface area contributed by atoms with Gasteiger partial charge in [-0.25, -0.2) is 18.5 Å². The number of hydrogen-bond donors (Lipinski definition) is 1. The molecule has 112 valence electrons. The number of benzene rings is 1. The van der Waals surface area contributed by atoms with Crippen molar-refractivity contribution in [2.45, 2.75) is 25.3 Å². The minimum atomic E-state index is -3.67. The molecule has 0 aliphatic carbocycles. The molecule has 3 N–H and O–H groups in total. The minimum Gasteiger partial charge on any atom is -0.260 e. The van der Waals surface area contributed by atoms with Crippen LogP contribution in [0, 0.1) is 13.8 Å². The Hall–Kier alpha value is -1.92. The van der Waals surface area contributed by atoms with E-state index in [-0.39, 0.29) is 4.90 Å². The van der Waals surface area contributed by atoms with Crippen molar-refractivity contribution in [1.82, 2.24) is 0 Å². The van der Waals surface area contributed by atoms with E-state index in [1.165, 1.54) is 29.0 Å². The first-order valence-electron chi connectivity index (χ1n) is 6.59. The van der Waals surface area contributed by atoms with Gasteiger partial charge in [0.1, 0.15) is 17.6 Å². The summed E-state index contributed by atoms with van der Waals surface area (Å²) in [5.41, 5.74) is 3.71. The van der Waals surface area contributed by atoms with Crippen LogP contribution in [0.2, 0.25) is 0 Å². The Balaban J connectivity index is 2.18. The van der Waals surface area contributed by atoms with Gasteiger partial charge in [-0.3, -0.25) is 4.90 Å². The zero-order chi connectivity index (χ0) is 15.6. The van der Waals surface area contributed by atoms with Crippen molar-refractivity contribution in [1.29, 1.82) is 0 Å². The van der Waals surface area contributed by atoms with Crippen LogP contribution in [-0.2, 0) is 16.6 Å². The van der Waals surface area contributed by atoms with Crippen LogP contribution < -0.4 is 15.0 Å². The Kier molecular flexibility index (Phi) is 4.29. The minimum absolute atomic E-state index is 0.0752. The third-order valence-electron chi connectivity index (χ3n) is 3.41. The number of anilines is 1. The number of sulfonamides is 1. The molecule has 0 saturated heterocycles. The highest BCUT2D eigenvalue weighted by Crippen LogP contribution is 2.15. The summed E-state index contributed by atoms with van der Waals surface area (Å²) >= 11 is 0. The summed E-state index contributed by atoms with van der Waals surface area (Å²) in [5, 5.41) is 5.08. The summed E-state index contributed by atoms with van der Waals surface area (Å²) < 4.78 is 22.5. The predicted molar refractivity (Wildman–Crippen MR) is 82.4 cm³/mol. The van der Waals surface area contributed by atoms with E-state index in [4.69, 9.17) is 5.14 Å². The van der Waals surface area contributed by atoms with E-state index in [9.17, 15) is 8.42 Å². The molecule has 6 heteroatoms. The van der Waals surface area contributed by atoms with Crippen molar-refractivity contribution in [2.24, 2.45) is 5.14 Å². The average Bonchev–Trinajstić information content (AvgIpc) is 2.41. The lowest BCUT2D eigenvalue weighted by atomic mass is 10.1. The van der Waals surface area contributed by atoms with Crippen molar-refractivity contribution in [3.8, 4) is 0 Å². The van der Waals surface area contributed by atoms with Crippen LogP contribution in [0.5, 0.6) is 0 Å². The Morgan fingerprint density at radius 2 is 1.90 bits per heavy atom. The maximum atomic E-state index is 11.2. The average molecular weight is 306 g/mol. The molecule has 1 aromatic carbocycles. The van der Waals surface area contributed by atoms with E-state index in [1.54, 1.807) is 6.07 Å². The molecule has 0 atom stereocenters. The van der Waals surface area contributed by atoms with Crippen LogP contribution in [0.1, 0.15) is 16.7 Å². The summed E-state index contributed by atoms with van der Waals surface area (Å²) in [6, 6.07) is 9.56. The molecule has 2 aromatic rings. The zero-order valence-corrected chi connectivity index (χ0v) is 13.2. The van der Waals surface area contributed by atoms with Gasteiger partial charge >= 0.3 is 0 Å². The first kappa shape index (κ1) is 15.5. The number of aromatic amines is 1. The van der Waals surface area contributed by atoms with Crippen molar-refractivity contribution in [2.75, 3.05) is 11.9 Å². The topological polar surface area (TPSA) is 77.5 Å². The monoisotopic (exact) mass is 306 g/mol. The summed E-state index contributed by atoms with van der Waals surface area (Å²) in [6.45, 7) is 4.89. The standard InChI is InChI=1S/C15H19N3O2S/c1-11-4-5-13(12(2)8-11)10-18(3)15-7-6-14(9-17-15)21(16,19)20/h4-9H,10H2,1-3H3,(H2,16,19,20)/p+1. The first-order valence-corrected chi connectivity index (χ1v) is 8.14. The van der Waals surface area contributed by atoms with E-state index in [0.717, 1.165) is 12.4 Å². The van der Waals surface area contributed by atoms with Crippen LogP contribution in [0.25, 0.3) is 0 Å². The second-order valence-electron chi connectivity index (χ2n) is 5.24. The number of pyridine rings is 1. The summed E-state index contributed by atoms with van der Waals surface area (Å²) in [4.78, 5) is 5.05. The molecule has 21 heavy (non-hydrogen) atoms. The van der Waals surface area contributed by atoms with Gasteiger partial charge < -0.3 is 0 Å². The Labute approximate surface area is 125 Å². The number of nitrogens with two attached hydrogens (primary N) is 1. The predicted octanol–water partition coefficient (Wildman–Crippen LogP) is 1.40. The van der Waals surface area contributed by atoms with Gasteiger partial charge in [0.05, 0.1) is 7.05 Å². The van der Waals surface area contributed by atoms with E-state index in [1.807, 2.05) is 11.9 Å². The highest BCUT2D eigenvalue weighted by Gasteiger charge is 2.15. The molecular weight excluding hydrogens is 286 g/mol. The molecule has 2 rings (SSSR count). The van der Waals surface area contributed by atoms with Gasteiger partial charge in [-0.15, -0.1) is 0 Å². The number of nitrogens with zero attached hydrogens (tertiary/aromatic N) is 1. The maximum Gasteiger partial charge on any atom is 0.274 e. The number of hydrogen-bond acceptors (Lipinski definition) is 3. The number of H-pyrrole nitrogens is 1. The van der Waals surface area contributed by atoms with E-state index in [0.29, 0.717) is 0 Å². The van der Waals surface area contributed by atoms with E-state index < -0.39 is 10.0 Å². The highest BCUT2D eigenvalue weighted by molar-refractivity contribution is 7.89. The highest BCUT2D eigenvalue weighted by atomic mass is 32.2. The van der Waals surface area contributed by atoms with Crippen LogP contribution >= 0.6 is 0 Å². The first-order chi connectivity index (χ1) is 9.77. The molecule has 0 aliphatic rings. The fourth-order valence-corrected chi connectivity index (χ4v) is 2.66. The number of aromatic nitrogens is 1. The molecule has 1 heterocycles. The van der Waals surface area contributed by atoms with Crippen LogP contribution in [0.15, 0.2) is 41.4 Å². The lowest BCUT2D eigenvalue weighted by Gasteiger charge is -2.13. The summed E-state index contributed by atoms with van der Waals surface area (Å²) in [7, 11) is -1.72. The third kappa shape index (κ3) is 3.80. The molecule has 0 radical (unpaired) electrons. The lowest BCUT2D eigenvalue weighted by molar-refractivity contribution is -0.367. The molecule has 0 unspecified atom stereocenters.